The van der Waals surface area contributed by atoms with Crippen molar-refractivity contribution < 1.29 is 19.0 Å². The van der Waals surface area contributed by atoms with Gasteiger partial charge in [0.05, 0.1) is 12.8 Å². The highest BCUT2D eigenvalue weighted by molar-refractivity contribution is 7.99. The molecule has 4 rings (SSSR count). The Hall–Kier alpha value is -3.12. The first-order chi connectivity index (χ1) is 16.0. The van der Waals surface area contributed by atoms with E-state index < -0.39 is 12.1 Å². The van der Waals surface area contributed by atoms with Crippen molar-refractivity contribution in [1.82, 2.24) is 0 Å². The smallest absolute Gasteiger partial charge is 0.346 e. The number of carbonyl (C=O) groups excluding carboxylic acids is 1. The first-order valence-electron chi connectivity index (χ1n) is 11.1. The largest absolute Gasteiger partial charge is 0.479 e. The number of para-hydroxylation sites is 1. The molecule has 33 heavy (non-hydrogen) atoms. The lowest BCUT2D eigenvalue weighted by Gasteiger charge is -2.35. The molecular weight excluding hydrogens is 434 g/mol. The SMILES string of the molecule is COC(=O)C(C)Oc1cccc(-c2ccc(OC(C)N3CCSc4ccccc43)cc2)c1C. The highest BCUT2D eigenvalue weighted by Crippen LogP contribution is 2.36. The molecule has 0 fully saturated rings. The molecule has 6 heteroatoms. The first kappa shape index (κ1) is 23.1. The fourth-order valence-corrected chi connectivity index (χ4v) is 5.02. The van der Waals surface area contributed by atoms with E-state index in [1.54, 1.807) is 6.92 Å². The predicted molar refractivity (Wildman–Crippen MR) is 133 cm³/mol. The highest BCUT2D eigenvalue weighted by atomic mass is 32.2. The Morgan fingerprint density at radius 2 is 1.73 bits per heavy atom. The number of anilines is 1. The van der Waals surface area contributed by atoms with E-state index in [1.165, 1.54) is 17.7 Å². The molecule has 0 amide bonds. The van der Waals surface area contributed by atoms with Crippen LogP contribution < -0.4 is 14.4 Å². The molecule has 0 saturated carbocycles. The van der Waals surface area contributed by atoms with E-state index in [-0.39, 0.29) is 6.23 Å². The van der Waals surface area contributed by atoms with Gasteiger partial charge in [-0.05, 0) is 67.8 Å². The number of carbonyl (C=O) groups is 1. The Labute approximate surface area is 199 Å². The Kier molecular flexibility index (Phi) is 7.14. The number of rotatable bonds is 7. The Balaban J connectivity index is 1.48. The molecule has 0 spiro atoms. The van der Waals surface area contributed by atoms with Gasteiger partial charge in [-0.1, -0.05) is 36.4 Å². The van der Waals surface area contributed by atoms with Crippen molar-refractivity contribution in [3.8, 4) is 22.6 Å². The van der Waals surface area contributed by atoms with Crippen molar-refractivity contribution in [3.05, 3.63) is 72.3 Å². The molecule has 2 atom stereocenters. The van der Waals surface area contributed by atoms with E-state index >= 15 is 0 Å². The van der Waals surface area contributed by atoms with Gasteiger partial charge in [0.15, 0.2) is 12.3 Å². The molecular formula is C27H29NO4S. The van der Waals surface area contributed by atoms with Crippen LogP contribution >= 0.6 is 11.8 Å². The average Bonchev–Trinajstić information content (AvgIpc) is 2.85. The molecule has 0 N–H and O–H groups in total. The van der Waals surface area contributed by atoms with Crippen LogP contribution in [-0.4, -0.2) is 37.7 Å². The molecule has 172 valence electrons. The fourth-order valence-electron chi connectivity index (χ4n) is 4.00. The van der Waals surface area contributed by atoms with Crippen molar-refractivity contribution in [1.29, 1.82) is 0 Å². The second-order valence-corrected chi connectivity index (χ2v) is 9.10. The quantitative estimate of drug-likeness (QED) is 0.404. The molecule has 5 nitrogen and oxygen atoms in total. The molecule has 3 aromatic carbocycles. The van der Waals surface area contributed by atoms with Crippen LogP contribution in [0, 0.1) is 6.92 Å². The number of benzene rings is 3. The summed E-state index contributed by atoms with van der Waals surface area (Å²) in [5.74, 6) is 2.15. The normalized spacial score (nSPS) is 14.7. The fraction of sp³-hybridized carbons (Fsp3) is 0.296. The van der Waals surface area contributed by atoms with E-state index in [0.29, 0.717) is 5.75 Å². The van der Waals surface area contributed by atoms with Crippen molar-refractivity contribution in [2.45, 2.75) is 38.0 Å². The summed E-state index contributed by atoms with van der Waals surface area (Å²) in [7, 11) is 1.36. The van der Waals surface area contributed by atoms with Crippen molar-refractivity contribution >= 4 is 23.4 Å². The molecule has 0 saturated heterocycles. The average molecular weight is 464 g/mol. The van der Waals surface area contributed by atoms with Gasteiger partial charge in [-0.25, -0.2) is 4.79 Å². The van der Waals surface area contributed by atoms with Crippen molar-refractivity contribution in [2.24, 2.45) is 0 Å². The summed E-state index contributed by atoms with van der Waals surface area (Å²) in [6, 6.07) is 22.4. The highest BCUT2D eigenvalue weighted by Gasteiger charge is 2.22. The summed E-state index contributed by atoms with van der Waals surface area (Å²) in [6.07, 6.45) is -0.740. The van der Waals surface area contributed by atoms with Crippen LogP contribution in [0.1, 0.15) is 19.4 Å². The lowest BCUT2D eigenvalue weighted by molar-refractivity contribution is -0.147. The zero-order valence-corrected chi connectivity index (χ0v) is 20.2. The third kappa shape index (κ3) is 5.11. The van der Waals surface area contributed by atoms with Crippen LogP contribution in [0.5, 0.6) is 11.5 Å². The van der Waals surface area contributed by atoms with Crippen molar-refractivity contribution in [3.63, 3.8) is 0 Å². The Morgan fingerprint density at radius 3 is 2.48 bits per heavy atom. The number of esters is 1. The summed E-state index contributed by atoms with van der Waals surface area (Å²) in [5.41, 5.74) is 4.30. The minimum atomic E-state index is -0.667. The van der Waals surface area contributed by atoms with Crippen LogP contribution in [-0.2, 0) is 9.53 Å². The summed E-state index contributed by atoms with van der Waals surface area (Å²) in [4.78, 5) is 15.3. The summed E-state index contributed by atoms with van der Waals surface area (Å²) < 4.78 is 16.9. The van der Waals surface area contributed by atoms with Gasteiger partial charge in [-0.15, -0.1) is 11.8 Å². The van der Waals surface area contributed by atoms with Gasteiger partial charge in [0.1, 0.15) is 11.5 Å². The Morgan fingerprint density at radius 1 is 0.970 bits per heavy atom. The number of hydrogen-bond donors (Lipinski definition) is 0. The van der Waals surface area contributed by atoms with Gasteiger partial charge in [0, 0.05) is 17.2 Å². The number of nitrogens with zero attached hydrogens (tertiary/aromatic N) is 1. The van der Waals surface area contributed by atoms with Gasteiger partial charge in [-0.3, -0.25) is 0 Å². The second kappa shape index (κ2) is 10.2. The van der Waals surface area contributed by atoms with E-state index in [1.807, 2.05) is 49.0 Å². The van der Waals surface area contributed by atoms with Gasteiger partial charge in [0.25, 0.3) is 0 Å². The molecule has 1 heterocycles. The zero-order valence-electron chi connectivity index (χ0n) is 19.4. The first-order valence-corrected chi connectivity index (χ1v) is 12.1. The maximum Gasteiger partial charge on any atom is 0.346 e. The van der Waals surface area contributed by atoms with E-state index in [2.05, 4.69) is 48.2 Å². The van der Waals surface area contributed by atoms with Crippen LogP contribution in [0.4, 0.5) is 5.69 Å². The van der Waals surface area contributed by atoms with Gasteiger partial charge in [0.2, 0.25) is 0 Å². The van der Waals surface area contributed by atoms with Gasteiger partial charge >= 0.3 is 5.97 Å². The number of methoxy groups -OCH3 is 1. The molecule has 1 aliphatic heterocycles. The molecule has 2 unspecified atom stereocenters. The lowest BCUT2D eigenvalue weighted by atomic mass is 10.00. The van der Waals surface area contributed by atoms with Gasteiger partial charge < -0.3 is 19.1 Å². The molecule has 0 bridgehead atoms. The predicted octanol–water partition coefficient (Wildman–Crippen LogP) is 5.94. The van der Waals surface area contributed by atoms with E-state index in [0.717, 1.165) is 34.7 Å². The van der Waals surface area contributed by atoms with Crippen LogP contribution in [0.3, 0.4) is 0 Å². The summed E-state index contributed by atoms with van der Waals surface area (Å²) >= 11 is 1.89. The molecule has 1 aliphatic rings. The number of hydrogen-bond acceptors (Lipinski definition) is 6. The van der Waals surface area contributed by atoms with Crippen LogP contribution in [0.2, 0.25) is 0 Å². The lowest BCUT2D eigenvalue weighted by Crippen LogP contribution is -2.40. The monoisotopic (exact) mass is 463 g/mol. The minimum absolute atomic E-state index is 0.0730. The Bertz CT molecular complexity index is 1120. The standard InChI is InChI=1S/C27H29NO4S/c1-18-23(8-7-10-25(18)31-19(2)27(29)30-4)21-12-14-22(15-13-21)32-20(3)28-16-17-33-26-11-6-5-9-24(26)28/h5-15,19-20H,16-17H2,1-4H3. The third-order valence-corrected chi connectivity index (χ3v) is 6.84. The minimum Gasteiger partial charge on any atom is -0.479 e. The maximum absolute atomic E-state index is 11.7. The van der Waals surface area contributed by atoms with Crippen molar-refractivity contribution in [2.75, 3.05) is 24.3 Å². The molecule has 0 aromatic heterocycles. The number of thioether (sulfide) groups is 1. The van der Waals surface area contributed by atoms with Gasteiger partial charge in [-0.2, -0.15) is 0 Å². The number of ether oxygens (including phenoxy) is 3. The maximum atomic E-state index is 11.7. The summed E-state index contributed by atoms with van der Waals surface area (Å²) in [6.45, 7) is 6.72. The van der Waals surface area contributed by atoms with E-state index in [9.17, 15) is 4.79 Å². The van der Waals surface area contributed by atoms with Crippen LogP contribution in [0.25, 0.3) is 11.1 Å². The van der Waals surface area contributed by atoms with E-state index in [4.69, 9.17) is 14.2 Å². The second-order valence-electron chi connectivity index (χ2n) is 7.96. The topological polar surface area (TPSA) is 48.0 Å². The van der Waals surface area contributed by atoms with Crippen LogP contribution in [0.15, 0.2) is 71.6 Å². The molecule has 0 radical (unpaired) electrons. The third-order valence-electron chi connectivity index (χ3n) is 5.80. The molecule has 3 aromatic rings. The number of fused-ring (bicyclic) bond motifs is 1. The zero-order chi connectivity index (χ0) is 23.4. The summed E-state index contributed by atoms with van der Waals surface area (Å²) in [5, 5.41) is 0. The molecule has 0 aliphatic carbocycles.